The molecule has 1 aromatic carbocycles. The molecule has 90 valence electrons. The summed E-state index contributed by atoms with van der Waals surface area (Å²) in [6.45, 7) is 1.67. The lowest BCUT2D eigenvalue weighted by Gasteiger charge is -2.02. The summed E-state index contributed by atoms with van der Waals surface area (Å²) in [5, 5.41) is 9.08. The number of benzene rings is 1. The Balaban J connectivity index is 2.29. The van der Waals surface area contributed by atoms with E-state index in [4.69, 9.17) is 5.11 Å². The molecule has 1 aromatic rings. The van der Waals surface area contributed by atoms with Crippen LogP contribution >= 0.6 is 11.8 Å². The zero-order valence-electron chi connectivity index (χ0n) is 9.22. The number of sulfone groups is 1. The molecule has 0 aromatic heterocycles. The van der Waals surface area contributed by atoms with Crippen molar-refractivity contribution in [2.75, 3.05) is 17.3 Å². The molecule has 0 aliphatic carbocycles. The summed E-state index contributed by atoms with van der Waals surface area (Å²) in [6, 6.07) is 6.92. The Kier molecular flexibility index (Phi) is 5.15. The van der Waals surface area contributed by atoms with Crippen molar-refractivity contribution >= 4 is 21.6 Å². The highest BCUT2D eigenvalue weighted by atomic mass is 32.2. The minimum atomic E-state index is -2.83. The number of rotatable bonds is 6. The smallest absolute Gasteiger partial charge is 0.150 e. The van der Waals surface area contributed by atoms with Crippen molar-refractivity contribution in [3.8, 4) is 5.75 Å². The van der Waals surface area contributed by atoms with Crippen LogP contribution in [0.25, 0.3) is 0 Å². The highest BCUT2D eigenvalue weighted by Gasteiger charge is 2.06. The van der Waals surface area contributed by atoms with Crippen molar-refractivity contribution in [3.63, 3.8) is 0 Å². The van der Waals surface area contributed by atoms with Crippen LogP contribution in [-0.2, 0) is 9.84 Å². The van der Waals surface area contributed by atoms with E-state index in [2.05, 4.69) is 0 Å². The summed E-state index contributed by atoms with van der Waals surface area (Å²) in [5.41, 5.74) is 0. The van der Waals surface area contributed by atoms with Gasteiger partial charge in [0.05, 0.1) is 5.75 Å². The number of thioether (sulfide) groups is 1. The molecule has 0 fully saturated rings. The molecule has 0 radical (unpaired) electrons. The van der Waals surface area contributed by atoms with E-state index in [1.165, 1.54) is 0 Å². The number of phenolic OH excluding ortho intramolecular Hbond substituents is 1. The monoisotopic (exact) mass is 260 g/mol. The van der Waals surface area contributed by atoms with Crippen LogP contribution in [0.5, 0.6) is 5.75 Å². The van der Waals surface area contributed by atoms with Gasteiger partial charge in [0.1, 0.15) is 15.6 Å². The average Bonchev–Trinajstić information content (AvgIpc) is 2.27. The van der Waals surface area contributed by atoms with Gasteiger partial charge in [-0.25, -0.2) is 8.42 Å². The number of phenols is 1. The predicted molar refractivity (Wildman–Crippen MR) is 67.8 cm³/mol. The molecule has 1 rings (SSSR count). The Morgan fingerprint density at radius 3 is 2.44 bits per heavy atom. The normalized spacial score (nSPS) is 11.6. The largest absolute Gasteiger partial charge is 0.508 e. The van der Waals surface area contributed by atoms with Crippen LogP contribution in [0, 0.1) is 0 Å². The fraction of sp³-hybridized carbons (Fsp3) is 0.455. The fourth-order valence-electron chi connectivity index (χ4n) is 1.16. The summed E-state index contributed by atoms with van der Waals surface area (Å²) in [7, 11) is -2.83. The first-order valence-corrected chi connectivity index (χ1v) is 7.96. The molecule has 0 saturated heterocycles. The van der Waals surface area contributed by atoms with Gasteiger partial charge in [0.15, 0.2) is 0 Å². The van der Waals surface area contributed by atoms with Crippen LogP contribution in [0.3, 0.4) is 0 Å². The third-order valence-electron chi connectivity index (χ3n) is 2.14. The molecular formula is C11H16O3S2. The maximum atomic E-state index is 11.2. The van der Waals surface area contributed by atoms with Crippen LogP contribution in [0.2, 0.25) is 0 Å². The minimum absolute atomic E-state index is 0.219. The Morgan fingerprint density at radius 1 is 1.25 bits per heavy atom. The number of hydrogen-bond acceptors (Lipinski definition) is 4. The van der Waals surface area contributed by atoms with E-state index in [1.54, 1.807) is 30.8 Å². The van der Waals surface area contributed by atoms with Gasteiger partial charge in [0.25, 0.3) is 0 Å². The van der Waals surface area contributed by atoms with Gasteiger partial charge >= 0.3 is 0 Å². The van der Waals surface area contributed by atoms with Crippen molar-refractivity contribution in [1.82, 2.24) is 0 Å². The molecule has 0 aliphatic heterocycles. The molecule has 3 nitrogen and oxygen atoms in total. The zero-order chi connectivity index (χ0) is 12.0. The Morgan fingerprint density at radius 2 is 1.88 bits per heavy atom. The van der Waals surface area contributed by atoms with E-state index in [0.29, 0.717) is 6.42 Å². The molecular weight excluding hydrogens is 244 g/mol. The Bertz CT molecular complexity index is 409. The first-order chi connectivity index (χ1) is 7.53. The second-order valence-electron chi connectivity index (χ2n) is 3.43. The number of aromatic hydroxyl groups is 1. The van der Waals surface area contributed by atoms with Crippen molar-refractivity contribution in [3.05, 3.63) is 24.3 Å². The Labute approximate surface area is 101 Å². The molecule has 0 saturated carbocycles. The van der Waals surface area contributed by atoms with Crippen LogP contribution < -0.4 is 0 Å². The van der Waals surface area contributed by atoms with Crippen molar-refractivity contribution in [2.24, 2.45) is 0 Å². The van der Waals surface area contributed by atoms with Crippen molar-refractivity contribution < 1.29 is 13.5 Å². The second-order valence-corrected chi connectivity index (χ2v) is 7.07. The molecule has 0 atom stereocenters. The van der Waals surface area contributed by atoms with Gasteiger partial charge in [0, 0.05) is 10.6 Å². The summed E-state index contributed by atoms with van der Waals surface area (Å²) in [4.78, 5) is 1.05. The maximum absolute atomic E-state index is 11.2. The molecule has 0 heterocycles. The molecule has 0 unspecified atom stereocenters. The summed E-state index contributed by atoms with van der Waals surface area (Å²) >= 11 is 1.60. The van der Waals surface area contributed by atoms with Gasteiger partial charge in [-0.2, -0.15) is 0 Å². The zero-order valence-corrected chi connectivity index (χ0v) is 10.9. The first kappa shape index (κ1) is 13.4. The van der Waals surface area contributed by atoms with Crippen molar-refractivity contribution in [2.45, 2.75) is 18.2 Å². The first-order valence-electron chi connectivity index (χ1n) is 5.16. The lowest BCUT2D eigenvalue weighted by Crippen LogP contribution is -2.09. The molecule has 0 spiro atoms. The van der Waals surface area contributed by atoms with Gasteiger partial charge in [-0.3, -0.25) is 0 Å². The van der Waals surface area contributed by atoms with Crippen molar-refractivity contribution in [1.29, 1.82) is 0 Å². The van der Waals surface area contributed by atoms with E-state index in [0.717, 1.165) is 10.6 Å². The van der Waals surface area contributed by atoms with Crippen LogP contribution in [0.4, 0.5) is 0 Å². The van der Waals surface area contributed by atoms with Crippen LogP contribution in [0.15, 0.2) is 29.2 Å². The topological polar surface area (TPSA) is 54.4 Å². The fourth-order valence-corrected chi connectivity index (χ4v) is 3.06. The van der Waals surface area contributed by atoms with Gasteiger partial charge < -0.3 is 5.11 Å². The highest BCUT2D eigenvalue weighted by Crippen LogP contribution is 2.21. The number of hydrogen-bond donors (Lipinski definition) is 1. The standard InChI is InChI=1S/C11H16O3S2/c1-2-16(13,14)9-3-8-15-11-6-4-10(12)5-7-11/h4-7,12H,2-3,8-9H2,1H3. The highest BCUT2D eigenvalue weighted by molar-refractivity contribution is 7.99. The maximum Gasteiger partial charge on any atom is 0.150 e. The average molecular weight is 260 g/mol. The van der Waals surface area contributed by atoms with E-state index >= 15 is 0 Å². The van der Waals surface area contributed by atoms with Gasteiger partial charge in [-0.15, -0.1) is 11.8 Å². The lowest BCUT2D eigenvalue weighted by molar-refractivity contribution is 0.475. The molecule has 1 N–H and O–H groups in total. The molecule has 16 heavy (non-hydrogen) atoms. The Hall–Kier alpha value is -0.680. The summed E-state index contributed by atoms with van der Waals surface area (Å²) in [5.74, 6) is 1.51. The van der Waals surface area contributed by atoms with E-state index < -0.39 is 9.84 Å². The van der Waals surface area contributed by atoms with E-state index in [1.807, 2.05) is 12.1 Å². The molecule has 0 aliphatic rings. The lowest BCUT2D eigenvalue weighted by atomic mass is 10.3. The minimum Gasteiger partial charge on any atom is -0.508 e. The van der Waals surface area contributed by atoms with Gasteiger partial charge in [-0.05, 0) is 36.4 Å². The van der Waals surface area contributed by atoms with E-state index in [9.17, 15) is 8.42 Å². The molecule has 5 heteroatoms. The third-order valence-corrected chi connectivity index (χ3v) is 5.03. The SMILES string of the molecule is CCS(=O)(=O)CCCSc1ccc(O)cc1. The van der Waals surface area contributed by atoms with Crippen LogP contribution in [-0.4, -0.2) is 30.8 Å². The third kappa shape index (κ3) is 4.90. The summed E-state index contributed by atoms with van der Waals surface area (Å²) in [6.07, 6.45) is 0.668. The quantitative estimate of drug-likeness (QED) is 0.630. The van der Waals surface area contributed by atoms with Crippen LogP contribution in [0.1, 0.15) is 13.3 Å². The second kappa shape index (κ2) is 6.15. The van der Waals surface area contributed by atoms with Gasteiger partial charge in [-0.1, -0.05) is 6.92 Å². The predicted octanol–water partition coefficient (Wildman–Crippen LogP) is 2.31. The van der Waals surface area contributed by atoms with E-state index in [-0.39, 0.29) is 17.3 Å². The molecule has 0 bridgehead atoms. The van der Waals surface area contributed by atoms with Gasteiger partial charge in [0.2, 0.25) is 0 Å². The summed E-state index contributed by atoms with van der Waals surface area (Å²) < 4.78 is 22.4. The molecule has 0 amide bonds.